The molecular formula is C8H10F3N3O. The lowest BCUT2D eigenvalue weighted by molar-refractivity contribution is -0.167. The maximum absolute atomic E-state index is 11.8. The normalized spacial score (nSPS) is 11.5. The summed E-state index contributed by atoms with van der Waals surface area (Å²) in [6.45, 7) is 1.93. The minimum absolute atomic E-state index is 0.110. The van der Waals surface area contributed by atoms with Crippen LogP contribution in [0.2, 0.25) is 0 Å². The van der Waals surface area contributed by atoms with Crippen molar-refractivity contribution in [1.82, 2.24) is 10.2 Å². The summed E-state index contributed by atoms with van der Waals surface area (Å²) in [5.41, 5.74) is 0.690. The van der Waals surface area contributed by atoms with Crippen LogP contribution in [-0.2, 0) is 11.2 Å². The van der Waals surface area contributed by atoms with Crippen LogP contribution < -0.4 is 5.32 Å². The second kappa shape index (κ2) is 4.33. The molecule has 0 saturated carbocycles. The van der Waals surface area contributed by atoms with Crippen LogP contribution in [-0.4, -0.2) is 22.3 Å². The predicted octanol–water partition coefficient (Wildman–Crippen LogP) is 1.86. The van der Waals surface area contributed by atoms with E-state index in [0.717, 1.165) is 6.42 Å². The van der Waals surface area contributed by atoms with E-state index in [0.29, 0.717) is 12.1 Å². The number of aromatic nitrogens is 2. The number of nitrogens with one attached hydrogen (secondary N) is 2. The molecule has 0 bridgehead atoms. The summed E-state index contributed by atoms with van der Waals surface area (Å²) in [6.07, 6.45) is -3.37. The van der Waals surface area contributed by atoms with Gasteiger partial charge in [-0.2, -0.15) is 18.3 Å². The predicted molar refractivity (Wildman–Crippen MR) is 47.3 cm³/mol. The van der Waals surface area contributed by atoms with E-state index in [9.17, 15) is 18.0 Å². The molecule has 4 nitrogen and oxygen atoms in total. The summed E-state index contributed by atoms with van der Waals surface area (Å²) in [7, 11) is 0. The number of aryl methyl sites for hydroxylation is 1. The molecular weight excluding hydrogens is 211 g/mol. The smallest absolute Gasteiger partial charge is 0.301 e. The van der Waals surface area contributed by atoms with Crippen molar-refractivity contribution in [2.24, 2.45) is 0 Å². The Labute approximate surface area is 83.9 Å². The minimum atomic E-state index is -4.89. The zero-order valence-electron chi connectivity index (χ0n) is 7.98. The molecule has 84 valence electrons. The third kappa shape index (κ3) is 3.26. The molecule has 1 aromatic heterocycles. The molecule has 0 radical (unpaired) electrons. The van der Waals surface area contributed by atoms with E-state index in [2.05, 4.69) is 10.2 Å². The average Bonchev–Trinajstić information content (AvgIpc) is 2.51. The number of carbonyl (C=O) groups is 1. The van der Waals surface area contributed by atoms with Crippen molar-refractivity contribution in [3.8, 4) is 0 Å². The summed E-state index contributed by atoms with van der Waals surface area (Å²) < 4.78 is 35.5. The van der Waals surface area contributed by atoms with Gasteiger partial charge >= 0.3 is 12.1 Å². The quantitative estimate of drug-likeness (QED) is 0.818. The number of amides is 1. The van der Waals surface area contributed by atoms with E-state index in [1.165, 1.54) is 6.07 Å². The van der Waals surface area contributed by atoms with Gasteiger partial charge in [-0.25, -0.2) is 0 Å². The zero-order valence-corrected chi connectivity index (χ0v) is 7.98. The Balaban J connectivity index is 2.61. The molecule has 7 heteroatoms. The molecule has 0 fully saturated rings. The summed E-state index contributed by atoms with van der Waals surface area (Å²) in [5, 5.41) is 7.72. The Morgan fingerprint density at radius 1 is 1.60 bits per heavy atom. The van der Waals surface area contributed by atoms with Gasteiger partial charge in [0.2, 0.25) is 0 Å². The standard InChI is InChI=1S/C8H10F3N3O/c1-2-3-5-4-6(14-13-5)12-7(15)8(9,10)11/h4H,2-3H2,1H3,(H2,12,13,14,15). The molecule has 0 aliphatic carbocycles. The second-order valence-corrected chi connectivity index (χ2v) is 2.98. The van der Waals surface area contributed by atoms with Gasteiger partial charge in [-0.3, -0.25) is 9.89 Å². The van der Waals surface area contributed by atoms with Crippen LogP contribution in [0.4, 0.5) is 19.0 Å². The summed E-state index contributed by atoms with van der Waals surface area (Å²) in [4.78, 5) is 10.5. The molecule has 0 aliphatic heterocycles. The van der Waals surface area contributed by atoms with Crippen LogP contribution in [0.3, 0.4) is 0 Å². The van der Waals surface area contributed by atoms with Gasteiger partial charge in [0.15, 0.2) is 5.82 Å². The van der Waals surface area contributed by atoms with Crippen molar-refractivity contribution in [2.45, 2.75) is 25.9 Å². The molecule has 2 N–H and O–H groups in total. The Hall–Kier alpha value is -1.53. The lowest BCUT2D eigenvalue weighted by atomic mass is 10.2. The highest BCUT2D eigenvalue weighted by Gasteiger charge is 2.39. The molecule has 1 heterocycles. The van der Waals surface area contributed by atoms with Crippen molar-refractivity contribution >= 4 is 11.7 Å². The topological polar surface area (TPSA) is 57.8 Å². The summed E-state index contributed by atoms with van der Waals surface area (Å²) >= 11 is 0. The van der Waals surface area contributed by atoms with Crippen LogP contribution in [0, 0.1) is 0 Å². The van der Waals surface area contributed by atoms with Crippen LogP contribution in [0.25, 0.3) is 0 Å². The van der Waals surface area contributed by atoms with E-state index in [1.54, 1.807) is 5.32 Å². The molecule has 0 aromatic carbocycles. The highest BCUT2D eigenvalue weighted by atomic mass is 19.4. The van der Waals surface area contributed by atoms with Gasteiger partial charge in [0.1, 0.15) is 0 Å². The minimum Gasteiger partial charge on any atom is -0.301 e. The number of H-pyrrole nitrogens is 1. The first kappa shape index (κ1) is 11.5. The van der Waals surface area contributed by atoms with Gasteiger partial charge in [-0.1, -0.05) is 13.3 Å². The van der Waals surface area contributed by atoms with Crippen molar-refractivity contribution in [2.75, 3.05) is 5.32 Å². The number of alkyl halides is 3. The molecule has 1 aromatic rings. The van der Waals surface area contributed by atoms with Gasteiger partial charge in [0.05, 0.1) is 0 Å². The molecule has 0 spiro atoms. The Bertz CT molecular complexity index is 345. The molecule has 0 saturated heterocycles. The van der Waals surface area contributed by atoms with E-state index < -0.39 is 12.1 Å². The highest BCUT2D eigenvalue weighted by Crippen LogP contribution is 2.17. The molecule has 0 aliphatic rings. The SMILES string of the molecule is CCCc1cc(NC(=O)C(F)(F)F)n[nH]1. The first-order valence-corrected chi connectivity index (χ1v) is 4.36. The lowest BCUT2D eigenvalue weighted by Gasteiger charge is -2.04. The summed E-state index contributed by atoms with van der Waals surface area (Å²) in [6, 6.07) is 1.38. The Kier molecular flexibility index (Phi) is 3.33. The van der Waals surface area contributed by atoms with Crippen molar-refractivity contribution in [3.63, 3.8) is 0 Å². The number of carbonyl (C=O) groups excluding carboxylic acids is 1. The fraction of sp³-hybridized carbons (Fsp3) is 0.500. The number of hydrogen-bond acceptors (Lipinski definition) is 2. The maximum atomic E-state index is 11.8. The van der Waals surface area contributed by atoms with Crippen LogP contribution in [0.5, 0.6) is 0 Å². The molecule has 1 amide bonds. The third-order valence-corrected chi connectivity index (χ3v) is 1.65. The van der Waals surface area contributed by atoms with Gasteiger partial charge in [0, 0.05) is 11.8 Å². The fourth-order valence-electron chi connectivity index (χ4n) is 1.01. The molecule has 0 atom stereocenters. The summed E-state index contributed by atoms with van der Waals surface area (Å²) in [5.74, 6) is -2.13. The van der Waals surface area contributed by atoms with Crippen molar-refractivity contribution < 1.29 is 18.0 Å². The number of nitrogens with zero attached hydrogens (tertiary/aromatic N) is 1. The van der Waals surface area contributed by atoms with Gasteiger partial charge in [-0.15, -0.1) is 0 Å². The monoisotopic (exact) mass is 221 g/mol. The van der Waals surface area contributed by atoms with E-state index in [1.807, 2.05) is 6.92 Å². The molecule has 15 heavy (non-hydrogen) atoms. The number of anilines is 1. The number of aromatic amines is 1. The molecule has 0 unspecified atom stereocenters. The molecule has 1 rings (SSSR count). The van der Waals surface area contributed by atoms with Gasteiger partial charge in [-0.05, 0) is 6.42 Å². The maximum Gasteiger partial charge on any atom is 0.471 e. The Morgan fingerprint density at radius 2 is 2.27 bits per heavy atom. The van der Waals surface area contributed by atoms with Crippen LogP contribution in [0.1, 0.15) is 19.0 Å². The Morgan fingerprint density at radius 3 is 2.80 bits per heavy atom. The van der Waals surface area contributed by atoms with Gasteiger partial charge < -0.3 is 5.32 Å². The third-order valence-electron chi connectivity index (χ3n) is 1.65. The lowest BCUT2D eigenvalue weighted by Crippen LogP contribution is -2.30. The van der Waals surface area contributed by atoms with Crippen LogP contribution >= 0.6 is 0 Å². The second-order valence-electron chi connectivity index (χ2n) is 2.98. The first-order chi connectivity index (χ1) is 6.93. The van der Waals surface area contributed by atoms with E-state index in [4.69, 9.17) is 0 Å². The highest BCUT2D eigenvalue weighted by molar-refractivity contribution is 5.94. The number of hydrogen-bond donors (Lipinski definition) is 2. The number of halogens is 3. The van der Waals surface area contributed by atoms with Crippen molar-refractivity contribution in [3.05, 3.63) is 11.8 Å². The van der Waals surface area contributed by atoms with Crippen LogP contribution in [0.15, 0.2) is 6.07 Å². The van der Waals surface area contributed by atoms with E-state index in [-0.39, 0.29) is 5.82 Å². The van der Waals surface area contributed by atoms with Crippen molar-refractivity contribution in [1.29, 1.82) is 0 Å². The van der Waals surface area contributed by atoms with Gasteiger partial charge in [0.25, 0.3) is 0 Å². The van der Waals surface area contributed by atoms with E-state index >= 15 is 0 Å². The largest absolute Gasteiger partial charge is 0.471 e. The first-order valence-electron chi connectivity index (χ1n) is 4.36. The average molecular weight is 221 g/mol. The fourth-order valence-corrected chi connectivity index (χ4v) is 1.01. The zero-order chi connectivity index (χ0) is 11.5. The number of rotatable bonds is 3.